The van der Waals surface area contributed by atoms with E-state index < -0.39 is 0 Å². The Morgan fingerprint density at radius 2 is 1.64 bits per heavy atom. The van der Waals surface area contributed by atoms with Crippen LogP contribution in [0.15, 0.2) is 29.9 Å². The van der Waals surface area contributed by atoms with Crippen LogP contribution in [0.1, 0.15) is 45.2 Å². The second-order valence-corrected chi connectivity index (χ2v) is 6.89. The Morgan fingerprint density at radius 1 is 1.04 bits per heavy atom. The van der Waals surface area contributed by atoms with Crippen LogP contribution >= 0.6 is 0 Å². The highest BCUT2D eigenvalue weighted by Crippen LogP contribution is 2.35. The minimum absolute atomic E-state index is 0.0593. The molecule has 1 aromatic carbocycles. The minimum Gasteiger partial charge on any atom is -0.493 e. The first-order chi connectivity index (χ1) is 11.9. The molecule has 1 aromatic rings. The van der Waals surface area contributed by atoms with Gasteiger partial charge in [0.1, 0.15) is 0 Å². The number of benzene rings is 1. The number of carbonyl (C=O) groups excluding carboxylic acids is 1. The molecule has 0 saturated carbocycles. The van der Waals surface area contributed by atoms with Crippen molar-refractivity contribution in [1.82, 2.24) is 4.90 Å². The molecule has 4 heteroatoms. The number of carbonyl (C=O) groups is 1. The van der Waals surface area contributed by atoms with Gasteiger partial charge in [0.25, 0.3) is 0 Å². The molecule has 25 heavy (non-hydrogen) atoms. The van der Waals surface area contributed by atoms with Gasteiger partial charge in [-0.05, 0) is 69.4 Å². The Labute approximate surface area is 151 Å². The van der Waals surface area contributed by atoms with Crippen LogP contribution < -0.4 is 9.47 Å². The fraction of sp³-hybridized carbons (Fsp3) is 0.476. The first-order valence-corrected chi connectivity index (χ1v) is 8.83. The van der Waals surface area contributed by atoms with Crippen LogP contribution in [0.5, 0.6) is 11.5 Å². The summed E-state index contributed by atoms with van der Waals surface area (Å²) in [5.74, 6) is 1.54. The molecule has 2 rings (SSSR count). The fourth-order valence-electron chi connectivity index (χ4n) is 3.34. The molecule has 0 radical (unpaired) electrons. The zero-order chi connectivity index (χ0) is 18.6. The number of aryl methyl sites for hydroxylation is 1. The minimum atomic E-state index is 0.0593. The molecule has 1 amide bonds. The number of hydrogen-bond acceptors (Lipinski definition) is 3. The number of methoxy groups -OCH3 is 2. The number of nitrogens with zero attached hydrogens (tertiary/aromatic N) is 1. The zero-order valence-corrected chi connectivity index (χ0v) is 16.1. The van der Waals surface area contributed by atoms with Gasteiger partial charge in [0.2, 0.25) is 5.91 Å². The molecule has 0 N–H and O–H groups in total. The fourth-order valence-corrected chi connectivity index (χ4v) is 3.34. The van der Waals surface area contributed by atoms with Crippen molar-refractivity contribution < 1.29 is 14.3 Å². The summed E-state index contributed by atoms with van der Waals surface area (Å²) in [6, 6.07) is 4.41. The van der Waals surface area contributed by atoms with E-state index in [4.69, 9.17) is 9.47 Å². The van der Waals surface area contributed by atoms with Crippen LogP contribution in [0.25, 0.3) is 6.08 Å². The largest absolute Gasteiger partial charge is 0.493 e. The van der Waals surface area contributed by atoms with E-state index in [2.05, 4.69) is 6.08 Å². The lowest BCUT2D eigenvalue weighted by atomic mass is 9.91. The quantitative estimate of drug-likeness (QED) is 0.725. The molecule has 4 nitrogen and oxygen atoms in total. The average molecular weight is 343 g/mol. The van der Waals surface area contributed by atoms with Gasteiger partial charge in [0.15, 0.2) is 11.5 Å². The summed E-state index contributed by atoms with van der Waals surface area (Å²) in [4.78, 5) is 14.4. The van der Waals surface area contributed by atoms with Gasteiger partial charge in [-0.1, -0.05) is 12.2 Å². The van der Waals surface area contributed by atoms with Crippen LogP contribution in [-0.4, -0.2) is 37.1 Å². The maximum absolute atomic E-state index is 12.5. The van der Waals surface area contributed by atoms with E-state index in [9.17, 15) is 4.79 Å². The van der Waals surface area contributed by atoms with Gasteiger partial charge in [0.05, 0.1) is 14.2 Å². The molecule has 0 unspecified atom stereocenters. The van der Waals surface area contributed by atoms with Crippen LogP contribution in [0, 0.1) is 0 Å². The summed E-state index contributed by atoms with van der Waals surface area (Å²) in [6.45, 7) is 8.17. The summed E-state index contributed by atoms with van der Waals surface area (Å²) in [5.41, 5.74) is 3.52. The summed E-state index contributed by atoms with van der Waals surface area (Å²) in [6.07, 6.45) is 7.60. The van der Waals surface area contributed by atoms with Crippen LogP contribution in [-0.2, 0) is 11.2 Å². The molecule has 0 spiro atoms. The third kappa shape index (κ3) is 4.44. The second kappa shape index (κ2) is 8.24. The van der Waals surface area contributed by atoms with Gasteiger partial charge < -0.3 is 14.4 Å². The van der Waals surface area contributed by atoms with E-state index in [1.54, 1.807) is 20.3 Å². The molecule has 0 heterocycles. The molecule has 0 fully saturated rings. The van der Waals surface area contributed by atoms with Crippen molar-refractivity contribution in [2.24, 2.45) is 0 Å². The van der Waals surface area contributed by atoms with Gasteiger partial charge in [-0.2, -0.15) is 0 Å². The van der Waals surface area contributed by atoms with Gasteiger partial charge in [-0.15, -0.1) is 0 Å². The van der Waals surface area contributed by atoms with Crippen LogP contribution in [0.3, 0.4) is 0 Å². The number of allylic oxidation sites excluding steroid dienone is 2. The van der Waals surface area contributed by atoms with E-state index in [-0.39, 0.29) is 18.0 Å². The molecule has 0 aromatic heterocycles. The lowest BCUT2D eigenvalue weighted by Crippen LogP contribution is -2.41. The lowest BCUT2D eigenvalue weighted by Gasteiger charge is -2.29. The van der Waals surface area contributed by atoms with Crippen LogP contribution in [0.2, 0.25) is 0 Å². The SMILES string of the molecule is COc1cc2c(cc1OC)CCC(C=CC(=O)N(C(C)C)C(C)C)=C2. The van der Waals surface area contributed by atoms with E-state index in [1.165, 1.54) is 5.56 Å². The summed E-state index contributed by atoms with van der Waals surface area (Å²) in [5, 5.41) is 0. The van der Waals surface area contributed by atoms with Crippen molar-refractivity contribution in [3.05, 3.63) is 41.0 Å². The monoisotopic (exact) mass is 343 g/mol. The highest BCUT2D eigenvalue weighted by atomic mass is 16.5. The van der Waals surface area contributed by atoms with E-state index in [0.717, 1.165) is 35.5 Å². The maximum Gasteiger partial charge on any atom is 0.247 e. The Kier molecular flexibility index (Phi) is 6.29. The number of hydrogen-bond donors (Lipinski definition) is 0. The second-order valence-electron chi connectivity index (χ2n) is 6.89. The van der Waals surface area contributed by atoms with E-state index >= 15 is 0 Å². The summed E-state index contributed by atoms with van der Waals surface area (Å²) in [7, 11) is 3.29. The van der Waals surface area contributed by atoms with Crippen molar-refractivity contribution in [1.29, 1.82) is 0 Å². The Balaban J connectivity index is 2.22. The average Bonchev–Trinajstić information content (AvgIpc) is 2.57. The highest BCUT2D eigenvalue weighted by molar-refractivity contribution is 5.89. The molecular weight excluding hydrogens is 314 g/mol. The third-order valence-corrected chi connectivity index (χ3v) is 4.48. The predicted molar refractivity (Wildman–Crippen MR) is 102 cm³/mol. The van der Waals surface area contributed by atoms with Gasteiger partial charge >= 0.3 is 0 Å². The molecule has 0 saturated heterocycles. The summed E-state index contributed by atoms with van der Waals surface area (Å²) >= 11 is 0. The molecular formula is C21H29NO3. The predicted octanol–water partition coefficient (Wildman–Crippen LogP) is 4.24. The molecule has 0 aliphatic heterocycles. The first kappa shape index (κ1) is 19.1. The standard InChI is InChI=1S/C21H29NO3/c1-14(2)22(15(3)4)21(23)10-8-16-7-9-17-12-19(24-5)20(25-6)13-18(17)11-16/h8,10-15H,7,9H2,1-6H3. The Bertz CT molecular complexity index is 679. The lowest BCUT2D eigenvalue weighted by molar-refractivity contribution is -0.129. The number of rotatable bonds is 6. The summed E-state index contributed by atoms with van der Waals surface area (Å²) < 4.78 is 10.8. The van der Waals surface area contributed by atoms with E-state index in [0.29, 0.717) is 0 Å². The molecule has 136 valence electrons. The molecule has 0 atom stereocenters. The van der Waals surface area contributed by atoms with Crippen LogP contribution in [0.4, 0.5) is 0 Å². The van der Waals surface area contributed by atoms with E-state index in [1.807, 2.05) is 50.8 Å². The highest BCUT2D eigenvalue weighted by Gasteiger charge is 2.18. The zero-order valence-electron chi connectivity index (χ0n) is 16.1. The third-order valence-electron chi connectivity index (χ3n) is 4.48. The molecule has 1 aliphatic rings. The van der Waals surface area contributed by atoms with Crippen molar-refractivity contribution >= 4 is 12.0 Å². The van der Waals surface area contributed by atoms with Crippen molar-refractivity contribution in [2.45, 2.75) is 52.6 Å². The van der Waals surface area contributed by atoms with Crippen molar-refractivity contribution in [3.63, 3.8) is 0 Å². The van der Waals surface area contributed by atoms with Crippen molar-refractivity contribution in [2.75, 3.05) is 14.2 Å². The smallest absolute Gasteiger partial charge is 0.247 e. The Morgan fingerprint density at radius 3 is 2.20 bits per heavy atom. The topological polar surface area (TPSA) is 38.8 Å². The Hall–Kier alpha value is -2.23. The number of amides is 1. The van der Waals surface area contributed by atoms with Gasteiger partial charge in [0, 0.05) is 18.2 Å². The molecule has 1 aliphatic carbocycles. The molecule has 0 bridgehead atoms. The van der Waals surface area contributed by atoms with Gasteiger partial charge in [-0.3, -0.25) is 4.79 Å². The van der Waals surface area contributed by atoms with Crippen molar-refractivity contribution in [3.8, 4) is 11.5 Å². The number of fused-ring (bicyclic) bond motifs is 1. The van der Waals surface area contributed by atoms with Gasteiger partial charge in [-0.25, -0.2) is 0 Å². The first-order valence-electron chi connectivity index (χ1n) is 8.83. The normalized spacial score (nSPS) is 13.8. The number of ether oxygens (including phenoxy) is 2. The maximum atomic E-state index is 12.5.